The van der Waals surface area contributed by atoms with E-state index in [1.54, 1.807) is 54.1 Å². The average Bonchev–Trinajstić information content (AvgIpc) is 2.93. The SMILES string of the molecule is [C-]#[N+]c1ccc2c(n1)c(N1C[C@@H](C)N(C(c3ccc(F)cc3)c3ccc(F)cc3)C[C@@H]1CC)cc(=O)n2C. The molecule has 2 aromatic heterocycles. The number of piperazine rings is 1. The van der Waals surface area contributed by atoms with Crippen molar-refractivity contribution < 1.29 is 8.78 Å². The normalized spacial score (nSPS) is 18.2. The van der Waals surface area contributed by atoms with Gasteiger partial charge >= 0.3 is 0 Å². The Morgan fingerprint density at radius 1 is 1.00 bits per heavy atom. The lowest BCUT2D eigenvalue weighted by Gasteiger charge is -2.49. The molecule has 1 saturated heterocycles. The van der Waals surface area contributed by atoms with Gasteiger partial charge in [0.2, 0.25) is 5.52 Å². The largest absolute Gasteiger partial charge is 0.362 e. The van der Waals surface area contributed by atoms with Gasteiger partial charge in [0.15, 0.2) is 0 Å². The van der Waals surface area contributed by atoms with E-state index in [4.69, 9.17) is 6.57 Å². The van der Waals surface area contributed by atoms with Gasteiger partial charge in [-0.15, -0.1) is 4.98 Å². The zero-order valence-electron chi connectivity index (χ0n) is 21.6. The van der Waals surface area contributed by atoms with Crippen molar-refractivity contribution >= 4 is 22.5 Å². The molecule has 38 heavy (non-hydrogen) atoms. The van der Waals surface area contributed by atoms with E-state index in [9.17, 15) is 13.6 Å². The molecule has 1 fully saturated rings. The lowest BCUT2D eigenvalue weighted by atomic mass is 9.92. The lowest BCUT2D eigenvalue weighted by molar-refractivity contribution is 0.124. The molecule has 3 heterocycles. The number of aryl methyl sites for hydroxylation is 1. The number of rotatable bonds is 5. The van der Waals surface area contributed by atoms with Crippen molar-refractivity contribution in [1.29, 1.82) is 0 Å². The summed E-state index contributed by atoms with van der Waals surface area (Å²) in [4.78, 5) is 25.6. The Morgan fingerprint density at radius 2 is 1.61 bits per heavy atom. The Labute approximate surface area is 220 Å². The maximum absolute atomic E-state index is 13.8. The summed E-state index contributed by atoms with van der Waals surface area (Å²) in [6.45, 7) is 12.9. The Hall–Kier alpha value is -4.09. The molecular weight excluding hydrogens is 484 g/mol. The number of pyridine rings is 2. The fourth-order valence-electron chi connectivity index (χ4n) is 5.51. The quantitative estimate of drug-likeness (QED) is 0.315. The molecule has 1 aliphatic rings. The van der Waals surface area contributed by atoms with Gasteiger partial charge in [-0.1, -0.05) is 37.8 Å². The second kappa shape index (κ2) is 10.3. The Balaban J connectivity index is 1.58. The summed E-state index contributed by atoms with van der Waals surface area (Å²) in [5.41, 5.74) is 3.76. The van der Waals surface area contributed by atoms with Crippen LogP contribution in [0, 0.1) is 18.2 Å². The molecule has 6 nitrogen and oxygen atoms in total. The van der Waals surface area contributed by atoms with Crippen molar-refractivity contribution in [2.45, 2.75) is 38.4 Å². The van der Waals surface area contributed by atoms with Gasteiger partial charge in [0.25, 0.3) is 11.4 Å². The van der Waals surface area contributed by atoms with Crippen LogP contribution in [0.4, 0.5) is 20.3 Å². The van der Waals surface area contributed by atoms with Gasteiger partial charge in [-0.25, -0.2) is 8.78 Å². The summed E-state index contributed by atoms with van der Waals surface area (Å²) in [6.07, 6.45) is 0.808. The Kier molecular flexibility index (Phi) is 6.96. The second-order valence-corrected chi connectivity index (χ2v) is 9.84. The summed E-state index contributed by atoms with van der Waals surface area (Å²) in [6, 6.07) is 17.9. The lowest BCUT2D eigenvalue weighted by Crippen LogP contribution is -2.58. The summed E-state index contributed by atoms with van der Waals surface area (Å²) < 4.78 is 29.2. The van der Waals surface area contributed by atoms with Gasteiger partial charge in [0.05, 0.1) is 17.2 Å². The van der Waals surface area contributed by atoms with Crippen molar-refractivity contribution in [2.75, 3.05) is 18.0 Å². The number of fused-ring (bicyclic) bond motifs is 1. The summed E-state index contributed by atoms with van der Waals surface area (Å²) >= 11 is 0. The molecule has 1 aliphatic heterocycles. The van der Waals surface area contributed by atoms with Crippen LogP contribution in [0.1, 0.15) is 37.4 Å². The minimum atomic E-state index is -0.306. The number of benzene rings is 2. The van der Waals surface area contributed by atoms with Crippen molar-refractivity contribution in [1.82, 2.24) is 14.5 Å². The van der Waals surface area contributed by atoms with Crippen LogP contribution in [0.3, 0.4) is 0 Å². The van der Waals surface area contributed by atoms with Crippen LogP contribution in [-0.4, -0.2) is 39.6 Å². The first-order valence-corrected chi connectivity index (χ1v) is 12.7. The van der Waals surface area contributed by atoms with E-state index in [-0.39, 0.29) is 41.1 Å². The standard InChI is InChI=1S/C30H29F2N5O/c1-5-24-18-36(30(20-6-10-22(31)11-7-20)21-8-12-23(32)13-9-21)19(2)17-37(24)26-16-28(38)35(4)25-14-15-27(33-3)34-29(25)26/h6-16,19,24,30H,5,17-18H2,1-2,4H3/t19-,24+/m1/s1. The number of hydrogen-bond donors (Lipinski definition) is 0. The van der Waals surface area contributed by atoms with Gasteiger partial charge in [0.1, 0.15) is 11.6 Å². The van der Waals surface area contributed by atoms with Crippen LogP contribution in [0.2, 0.25) is 0 Å². The average molecular weight is 514 g/mol. The van der Waals surface area contributed by atoms with Crippen molar-refractivity contribution in [3.63, 3.8) is 0 Å². The molecule has 0 amide bonds. The molecule has 0 saturated carbocycles. The zero-order valence-corrected chi connectivity index (χ0v) is 21.6. The van der Waals surface area contributed by atoms with E-state index in [1.165, 1.54) is 24.3 Å². The molecule has 0 aliphatic carbocycles. The molecule has 5 rings (SSSR count). The molecule has 0 radical (unpaired) electrons. The summed E-state index contributed by atoms with van der Waals surface area (Å²) in [5, 5.41) is 0. The fourth-order valence-corrected chi connectivity index (χ4v) is 5.51. The van der Waals surface area contributed by atoms with Gasteiger partial charge in [-0.3, -0.25) is 9.69 Å². The summed E-state index contributed by atoms with van der Waals surface area (Å²) in [5.74, 6) is -0.329. The van der Waals surface area contributed by atoms with E-state index < -0.39 is 0 Å². The predicted octanol–water partition coefficient (Wildman–Crippen LogP) is 5.84. The molecule has 0 spiro atoms. The minimum absolute atomic E-state index is 0.0288. The van der Waals surface area contributed by atoms with Crippen LogP contribution in [0.5, 0.6) is 0 Å². The highest BCUT2D eigenvalue weighted by molar-refractivity contribution is 5.89. The monoisotopic (exact) mass is 513 g/mol. The fraction of sp³-hybridized carbons (Fsp3) is 0.300. The van der Waals surface area contributed by atoms with Crippen LogP contribution in [0.15, 0.2) is 71.5 Å². The molecule has 2 aromatic carbocycles. The van der Waals surface area contributed by atoms with E-state index in [0.29, 0.717) is 24.1 Å². The molecule has 0 bridgehead atoms. The first-order chi connectivity index (χ1) is 18.3. The molecule has 194 valence electrons. The van der Waals surface area contributed by atoms with Crippen molar-refractivity contribution in [3.8, 4) is 0 Å². The van der Waals surface area contributed by atoms with Crippen LogP contribution in [0.25, 0.3) is 15.9 Å². The van der Waals surface area contributed by atoms with Gasteiger partial charge < -0.3 is 14.3 Å². The van der Waals surface area contributed by atoms with Crippen LogP contribution < -0.4 is 10.5 Å². The van der Waals surface area contributed by atoms with Crippen molar-refractivity contribution in [3.05, 3.63) is 111 Å². The molecule has 4 aromatic rings. The number of anilines is 1. The maximum Gasteiger partial charge on any atom is 0.270 e. The summed E-state index contributed by atoms with van der Waals surface area (Å²) in [7, 11) is 1.71. The third-order valence-corrected chi connectivity index (χ3v) is 7.54. The van der Waals surface area contributed by atoms with Gasteiger partial charge in [0, 0.05) is 38.3 Å². The van der Waals surface area contributed by atoms with Crippen LogP contribution >= 0.6 is 0 Å². The minimum Gasteiger partial charge on any atom is -0.362 e. The third kappa shape index (κ3) is 4.66. The van der Waals surface area contributed by atoms with Gasteiger partial charge in [-0.05, 0) is 60.9 Å². The highest BCUT2D eigenvalue weighted by atomic mass is 19.1. The Morgan fingerprint density at radius 3 is 2.16 bits per heavy atom. The van der Waals surface area contributed by atoms with Crippen molar-refractivity contribution in [2.24, 2.45) is 7.05 Å². The maximum atomic E-state index is 13.8. The van der Waals surface area contributed by atoms with Gasteiger partial charge in [-0.2, -0.15) is 0 Å². The van der Waals surface area contributed by atoms with E-state index in [2.05, 4.69) is 33.5 Å². The zero-order chi connectivity index (χ0) is 27.0. The molecule has 0 unspecified atom stereocenters. The van der Waals surface area contributed by atoms with E-state index in [1.807, 2.05) is 0 Å². The third-order valence-electron chi connectivity index (χ3n) is 7.54. The molecule has 2 atom stereocenters. The van der Waals surface area contributed by atoms with E-state index in [0.717, 1.165) is 23.2 Å². The topological polar surface area (TPSA) is 45.7 Å². The molecular formula is C30H29F2N5O. The highest BCUT2D eigenvalue weighted by Gasteiger charge is 2.37. The molecule has 8 heteroatoms. The number of aromatic nitrogens is 2. The highest BCUT2D eigenvalue weighted by Crippen LogP contribution is 2.37. The molecule has 0 N–H and O–H groups in total. The van der Waals surface area contributed by atoms with E-state index >= 15 is 0 Å². The number of halogens is 2. The van der Waals surface area contributed by atoms with Crippen LogP contribution in [-0.2, 0) is 7.05 Å². The first-order valence-electron chi connectivity index (χ1n) is 12.7. The number of hydrogen-bond acceptors (Lipinski definition) is 4. The smallest absolute Gasteiger partial charge is 0.270 e. The first kappa shape index (κ1) is 25.6. The Bertz CT molecular complexity index is 1510. The predicted molar refractivity (Wildman–Crippen MR) is 145 cm³/mol. The number of nitrogens with zero attached hydrogens (tertiary/aromatic N) is 5. The second-order valence-electron chi connectivity index (χ2n) is 9.84.